The van der Waals surface area contributed by atoms with Crippen LogP contribution in [0.3, 0.4) is 0 Å². The Kier molecular flexibility index (Phi) is 11.4. The Balaban J connectivity index is 0.000000164. The molecule has 4 aromatic rings. The first-order chi connectivity index (χ1) is 24.1. The molecule has 266 valence electrons. The van der Waals surface area contributed by atoms with E-state index in [2.05, 4.69) is 45.2 Å². The zero-order chi connectivity index (χ0) is 37.1. The molecule has 0 radical (unpaired) electrons. The van der Waals surface area contributed by atoms with E-state index in [-0.39, 0.29) is 18.1 Å². The summed E-state index contributed by atoms with van der Waals surface area (Å²) in [5, 5.41) is 0. The Morgan fingerprint density at radius 1 is 0.765 bits per heavy atom. The van der Waals surface area contributed by atoms with Gasteiger partial charge in [-0.1, -0.05) is 78.3 Å². The third-order valence-electron chi connectivity index (χ3n) is 8.85. The second-order valence-corrected chi connectivity index (χ2v) is 15.0. The zero-order valence-electron chi connectivity index (χ0n) is 28.7. The summed E-state index contributed by atoms with van der Waals surface area (Å²) in [6.07, 6.45) is 4.89. The van der Waals surface area contributed by atoms with Crippen molar-refractivity contribution in [1.82, 2.24) is 0 Å². The monoisotopic (exact) mass is 763 g/mol. The number of hydrogen-bond donors (Lipinski definition) is 0. The largest absolute Gasteiger partial charge is 0.405 e. The second kappa shape index (κ2) is 15.4. The molecule has 2 fully saturated rings. The van der Waals surface area contributed by atoms with Crippen molar-refractivity contribution in [1.29, 1.82) is 0 Å². The number of benzene rings is 4. The van der Waals surface area contributed by atoms with Crippen molar-refractivity contribution in [3.05, 3.63) is 140 Å². The number of esters is 1. The molecule has 1 heterocycles. The molecule has 2 saturated carbocycles. The summed E-state index contributed by atoms with van der Waals surface area (Å²) in [6.45, 7) is 6.28. The summed E-state index contributed by atoms with van der Waals surface area (Å²) in [6, 6.07) is 22.8. The van der Waals surface area contributed by atoms with Gasteiger partial charge in [0.25, 0.3) is 0 Å². The second-order valence-electron chi connectivity index (χ2n) is 14.1. The molecule has 0 N–H and O–H groups in total. The van der Waals surface area contributed by atoms with Crippen molar-refractivity contribution in [2.24, 2.45) is 10.4 Å². The number of nitrogens with zero attached hydrogens (tertiary/aromatic N) is 1. The Morgan fingerprint density at radius 2 is 1.22 bits per heavy atom. The van der Waals surface area contributed by atoms with Crippen LogP contribution in [-0.2, 0) is 9.53 Å². The lowest BCUT2D eigenvalue weighted by atomic mass is 9.78. The van der Waals surface area contributed by atoms with Crippen molar-refractivity contribution < 1.29 is 36.7 Å². The molecule has 0 aromatic heterocycles. The van der Waals surface area contributed by atoms with Gasteiger partial charge in [-0.25, -0.2) is 27.3 Å². The molecule has 2 aliphatic carbocycles. The first kappa shape index (κ1) is 37.8. The fourth-order valence-corrected chi connectivity index (χ4v) is 5.81. The smallest absolute Gasteiger partial charge is 0.340 e. The zero-order valence-corrected chi connectivity index (χ0v) is 30.3. The van der Waals surface area contributed by atoms with Gasteiger partial charge in [-0.3, -0.25) is 9.59 Å². The van der Waals surface area contributed by atoms with E-state index >= 15 is 0 Å². The molecule has 3 aliphatic rings. The molecule has 1 aliphatic heterocycles. The number of carbonyl (C=O) groups is 3. The fraction of sp³-hybridized carbons (Fsp3) is 0.317. The van der Waals surface area contributed by atoms with Gasteiger partial charge in [0.2, 0.25) is 5.90 Å². The molecule has 10 heteroatoms. The average Bonchev–Trinajstić information content (AvgIpc) is 4.00. The normalized spacial score (nSPS) is 16.2. The molecule has 0 saturated heterocycles. The van der Waals surface area contributed by atoms with Crippen LogP contribution in [0.25, 0.3) is 0 Å². The highest BCUT2D eigenvalue weighted by molar-refractivity contribution is 9.10. The third-order valence-corrected chi connectivity index (χ3v) is 9.37. The van der Waals surface area contributed by atoms with Crippen molar-refractivity contribution in [2.75, 3.05) is 0 Å². The van der Waals surface area contributed by atoms with Crippen LogP contribution in [-0.4, -0.2) is 29.0 Å². The number of rotatable bonds is 8. The van der Waals surface area contributed by atoms with E-state index in [4.69, 9.17) is 4.74 Å². The molecule has 4 aromatic carbocycles. The van der Waals surface area contributed by atoms with Crippen LogP contribution in [0.2, 0.25) is 0 Å². The third kappa shape index (κ3) is 9.47. The summed E-state index contributed by atoms with van der Waals surface area (Å²) in [7, 11) is 0. The van der Waals surface area contributed by atoms with Gasteiger partial charge >= 0.3 is 5.97 Å². The van der Waals surface area contributed by atoms with E-state index in [0.717, 1.165) is 30.2 Å². The first-order valence-corrected chi connectivity index (χ1v) is 17.5. The molecule has 5 nitrogen and oxygen atoms in total. The van der Waals surface area contributed by atoms with E-state index in [1.807, 2.05) is 12.1 Å². The standard InChI is InChI=1S/C21H20F2O2.C11H9F2NO2.C9H9Br/c1-21(2,12-18(24)19-16(22)4-3-5-17(19)23)20(25)15-10-8-14(9-11-15)13-6-7-13;1-11(2)10(15)16-9(14-11)8-6(12)4-3-5-7(8)13;10-9-5-3-8(4-6-9)7-1-2-7/h3-5,8-11,13H,6-7,12H2,1-2H3;3-5H,1-2H3;3-7H,1-2H2. The Hall–Kier alpha value is -4.44. The predicted octanol–water partition coefficient (Wildman–Crippen LogP) is 10.7. The lowest BCUT2D eigenvalue weighted by molar-refractivity contribution is -0.137. The molecular formula is C41H38BrF4NO4. The van der Waals surface area contributed by atoms with E-state index in [0.29, 0.717) is 11.5 Å². The summed E-state index contributed by atoms with van der Waals surface area (Å²) >= 11 is 3.41. The Labute approximate surface area is 303 Å². The van der Waals surface area contributed by atoms with Crippen LogP contribution in [0.15, 0.2) is 94.4 Å². The summed E-state index contributed by atoms with van der Waals surface area (Å²) < 4.78 is 60.2. The van der Waals surface area contributed by atoms with Crippen molar-refractivity contribution in [3.63, 3.8) is 0 Å². The highest BCUT2D eigenvalue weighted by atomic mass is 79.9. The number of cyclic esters (lactones) is 1. The van der Waals surface area contributed by atoms with Crippen molar-refractivity contribution >= 4 is 39.4 Å². The minimum absolute atomic E-state index is 0.208. The predicted molar refractivity (Wildman–Crippen MR) is 191 cm³/mol. The lowest BCUT2D eigenvalue weighted by Gasteiger charge is -2.22. The summed E-state index contributed by atoms with van der Waals surface area (Å²) in [4.78, 5) is 40.3. The highest BCUT2D eigenvalue weighted by Gasteiger charge is 2.39. The van der Waals surface area contributed by atoms with Gasteiger partial charge in [0.05, 0.1) is 5.56 Å². The molecule has 0 unspecified atom stereocenters. The first-order valence-electron chi connectivity index (χ1n) is 16.7. The van der Waals surface area contributed by atoms with Crippen LogP contribution >= 0.6 is 15.9 Å². The van der Waals surface area contributed by atoms with Crippen LogP contribution in [0.4, 0.5) is 17.6 Å². The molecule has 0 atom stereocenters. The van der Waals surface area contributed by atoms with Crippen LogP contribution in [0.5, 0.6) is 0 Å². The number of Topliss-reactive ketones (excluding diaryl/α,β-unsaturated/α-hetero) is 2. The Bertz CT molecular complexity index is 1920. The molecule has 7 rings (SSSR count). The van der Waals surface area contributed by atoms with Crippen LogP contribution < -0.4 is 0 Å². The van der Waals surface area contributed by atoms with E-state index in [9.17, 15) is 31.9 Å². The van der Waals surface area contributed by atoms with Gasteiger partial charge in [-0.2, -0.15) is 0 Å². The highest BCUT2D eigenvalue weighted by Crippen LogP contribution is 2.41. The molecule has 51 heavy (non-hydrogen) atoms. The fourth-order valence-electron chi connectivity index (χ4n) is 5.54. The van der Waals surface area contributed by atoms with E-state index in [1.54, 1.807) is 26.0 Å². The molecular weight excluding hydrogens is 726 g/mol. The number of hydrogen-bond acceptors (Lipinski definition) is 5. The van der Waals surface area contributed by atoms with Crippen LogP contribution in [0, 0.1) is 28.7 Å². The van der Waals surface area contributed by atoms with Gasteiger partial charge in [-0.15, -0.1) is 0 Å². The average molecular weight is 765 g/mol. The van der Waals surface area contributed by atoms with Crippen molar-refractivity contribution in [2.45, 2.75) is 77.2 Å². The number of ether oxygens (including phenoxy) is 1. The van der Waals surface area contributed by atoms with Gasteiger partial charge in [0, 0.05) is 21.9 Å². The molecule has 0 spiro atoms. The number of halogens is 5. The Morgan fingerprint density at radius 3 is 1.65 bits per heavy atom. The summed E-state index contributed by atoms with van der Waals surface area (Å²) in [5.74, 6) is -3.76. The van der Waals surface area contributed by atoms with Crippen LogP contribution in [0.1, 0.15) is 109 Å². The lowest BCUT2D eigenvalue weighted by Crippen LogP contribution is -2.28. The number of ketones is 2. The van der Waals surface area contributed by atoms with Gasteiger partial charge < -0.3 is 4.74 Å². The van der Waals surface area contributed by atoms with Gasteiger partial charge in [0.15, 0.2) is 17.1 Å². The number of aliphatic imine (C=N–C) groups is 1. The quantitative estimate of drug-likeness (QED) is 0.102. The topological polar surface area (TPSA) is 72.8 Å². The SMILES string of the molecule is Brc1ccc(C2CC2)cc1.CC(C)(CC(=O)c1c(F)cccc1F)C(=O)c1ccc(C2CC2)cc1.CC1(C)N=C(c2c(F)cccc2F)OC1=O. The maximum atomic E-state index is 13.8. The summed E-state index contributed by atoms with van der Waals surface area (Å²) in [5.41, 5.74) is 0.115. The molecule has 0 amide bonds. The van der Waals surface area contributed by atoms with Gasteiger partial charge in [-0.05, 0) is 98.9 Å². The minimum Gasteiger partial charge on any atom is -0.405 e. The van der Waals surface area contributed by atoms with E-state index in [1.165, 1.54) is 67.3 Å². The molecule has 0 bridgehead atoms. The maximum absolute atomic E-state index is 13.8. The maximum Gasteiger partial charge on any atom is 0.340 e. The van der Waals surface area contributed by atoms with Gasteiger partial charge in [0.1, 0.15) is 28.8 Å². The minimum atomic E-state index is -1.09. The number of carbonyl (C=O) groups excluding carboxylic acids is 3. The van der Waals surface area contributed by atoms with Crippen molar-refractivity contribution in [3.8, 4) is 0 Å². The van der Waals surface area contributed by atoms with E-state index < -0.39 is 57.1 Å².